The minimum Gasteiger partial charge on any atom is -0.477 e. The quantitative estimate of drug-likeness (QED) is 0.807. The number of hydrogen-bond acceptors (Lipinski definition) is 6. The van der Waals surface area contributed by atoms with E-state index in [9.17, 15) is 9.59 Å². The van der Waals surface area contributed by atoms with Gasteiger partial charge in [0.25, 0.3) is 0 Å². The number of urea groups is 1. The molecule has 1 unspecified atom stereocenters. The second kappa shape index (κ2) is 8.43. The average molecular weight is 370 g/mol. The summed E-state index contributed by atoms with van der Waals surface area (Å²) >= 11 is 0. The second-order valence-electron chi connectivity index (χ2n) is 6.03. The lowest BCUT2D eigenvalue weighted by Crippen LogP contribution is -2.48. The largest absolute Gasteiger partial charge is 0.477 e. The molecule has 3 amide bonds. The average Bonchev–Trinajstić information content (AvgIpc) is 2.68. The number of fused-ring (bicyclic) bond motifs is 1. The van der Waals surface area contributed by atoms with Gasteiger partial charge in [-0.3, -0.25) is 9.69 Å². The van der Waals surface area contributed by atoms with E-state index in [1.807, 2.05) is 13.8 Å². The normalized spacial score (nSPS) is 14.1. The van der Waals surface area contributed by atoms with Gasteiger partial charge in [-0.25, -0.2) is 9.78 Å². The van der Waals surface area contributed by atoms with E-state index in [2.05, 4.69) is 25.8 Å². The van der Waals surface area contributed by atoms with Crippen LogP contribution in [0.1, 0.15) is 38.4 Å². The molecule has 2 aromatic heterocycles. The van der Waals surface area contributed by atoms with Gasteiger partial charge in [0, 0.05) is 12.3 Å². The molecule has 0 spiro atoms. The van der Waals surface area contributed by atoms with Crippen LogP contribution in [0, 0.1) is 0 Å². The zero-order valence-electron chi connectivity index (χ0n) is 15.3. The van der Waals surface area contributed by atoms with Crippen LogP contribution in [0.4, 0.5) is 16.3 Å². The van der Waals surface area contributed by atoms with Crippen molar-refractivity contribution in [3.8, 4) is 5.88 Å². The summed E-state index contributed by atoms with van der Waals surface area (Å²) < 4.78 is 5.31. The fourth-order valence-electron chi connectivity index (χ4n) is 2.84. The Balaban J connectivity index is 1.78. The van der Waals surface area contributed by atoms with E-state index >= 15 is 0 Å². The van der Waals surface area contributed by atoms with Crippen LogP contribution in [0.2, 0.25) is 0 Å². The molecule has 0 saturated carbocycles. The highest BCUT2D eigenvalue weighted by Gasteiger charge is 2.29. The predicted octanol–water partition coefficient (Wildman–Crippen LogP) is 2.28. The summed E-state index contributed by atoms with van der Waals surface area (Å²) in [5.74, 6) is 0.592. The number of carbonyl (C=O) groups is 2. The summed E-state index contributed by atoms with van der Waals surface area (Å²) in [5.41, 5.74) is 1.15. The molecule has 9 nitrogen and oxygen atoms in total. The van der Waals surface area contributed by atoms with E-state index in [1.165, 1.54) is 4.90 Å². The number of rotatable bonds is 6. The molecule has 2 N–H and O–H groups in total. The van der Waals surface area contributed by atoms with Gasteiger partial charge in [0.05, 0.1) is 24.0 Å². The number of pyridine rings is 1. The van der Waals surface area contributed by atoms with E-state index in [4.69, 9.17) is 4.74 Å². The minimum absolute atomic E-state index is 0.0936. The Morgan fingerprint density at radius 1 is 1.33 bits per heavy atom. The highest BCUT2D eigenvalue weighted by molar-refractivity contribution is 6.08. The molecule has 0 aliphatic carbocycles. The van der Waals surface area contributed by atoms with Crippen molar-refractivity contribution < 1.29 is 14.3 Å². The second-order valence-corrected chi connectivity index (χ2v) is 6.03. The molecule has 0 fully saturated rings. The first kappa shape index (κ1) is 18.6. The highest BCUT2D eigenvalue weighted by atomic mass is 16.5. The molecule has 1 aliphatic rings. The lowest BCUT2D eigenvalue weighted by Gasteiger charge is -2.29. The molecule has 1 atom stereocenters. The number of amides is 3. The minimum atomic E-state index is -0.404. The van der Waals surface area contributed by atoms with Crippen molar-refractivity contribution in [2.45, 2.75) is 32.7 Å². The molecule has 0 radical (unpaired) electrons. The lowest BCUT2D eigenvalue weighted by molar-refractivity contribution is -0.115. The molecular weight excluding hydrogens is 348 g/mol. The van der Waals surface area contributed by atoms with E-state index < -0.39 is 6.03 Å². The topological polar surface area (TPSA) is 109 Å². The van der Waals surface area contributed by atoms with E-state index in [-0.39, 0.29) is 18.5 Å². The van der Waals surface area contributed by atoms with Gasteiger partial charge >= 0.3 is 6.03 Å². The standard InChI is InChI=1S/C18H22N6O3/c1-3-6-12(13-8-9-16(23-22-13)27-4-2)21-18(26)24-11-15(25)20-14-7-5-10-19-17(14)24/h5,7-10,12H,3-4,6,11H2,1-2H3,(H,20,25)(H,21,26). The first-order chi connectivity index (χ1) is 13.1. The van der Waals surface area contributed by atoms with Crippen molar-refractivity contribution >= 4 is 23.4 Å². The van der Waals surface area contributed by atoms with E-state index in [0.29, 0.717) is 36.1 Å². The van der Waals surface area contributed by atoms with Crippen molar-refractivity contribution in [2.24, 2.45) is 0 Å². The van der Waals surface area contributed by atoms with Gasteiger partial charge in [-0.2, -0.15) is 0 Å². The van der Waals surface area contributed by atoms with Crippen molar-refractivity contribution in [3.63, 3.8) is 0 Å². The summed E-state index contributed by atoms with van der Waals surface area (Å²) in [6.45, 7) is 4.30. The van der Waals surface area contributed by atoms with Crippen LogP contribution in [0.15, 0.2) is 30.5 Å². The third-order valence-electron chi connectivity index (χ3n) is 4.05. The van der Waals surface area contributed by atoms with Gasteiger partial charge in [-0.1, -0.05) is 13.3 Å². The van der Waals surface area contributed by atoms with Crippen LogP contribution in [-0.4, -0.2) is 40.3 Å². The Labute approximate surface area is 157 Å². The summed E-state index contributed by atoms with van der Waals surface area (Å²) in [5, 5.41) is 13.9. The smallest absolute Gasteiger partial charge is 0.324 e. The number of hydrogen-bond donors (Lipinski definition) is 2. The fourth-order valence-corrected chi connectivity index (χ4v) is 2.84. The Morgan fingerprint density at radius 2 is 2.19 bits per heavy atom. The molecule has 1 aliphatic heterocycles. The summed E-state index contributed by atoms with van der Waals surface area (Å²) in [6, 6.07) is 6.19. The first-order valence-electron chi connectivity index (χ1n) is 8.91. The first-order valence-corrected chi connectivity index (χ1v) is 8.91. The molecule has 3 rings (SSSR count). The van der Waals surface area contributed by atoms with Gasteiger partial charge in [0.1, 0.15) is 6.54 Å². The lowest BCUT2D eigenvalue weighted by atomic mass is 10.1. The van der Waals surface area contributed by atoms with Crippen molar-refractivity contribution in [2.75, 3.05) is 23.4 Å². The van der Waals surface area contributed by atoms with E-state index in [0.717, 1.165) is 6.42 Å². The van der Waals surface area contributed by atoms with Gasteiger partial charge in [-0.15, -0.1) is 10.2 Å². The highest BCUT2D eigenvalue weighted by Crippen LogP contribution is 2.27. The number of nitrogens with zero attached hydrogens (tertiary/aromatic N) is 4. The van der Waals surface area contributed by atoms with Crippen LogP contribution < -0.4 is 20.3 Å². The van der Waals surface area contributed by atoms with Crippen molar-refractivity contribution in [3.05, 3.63) is 36.2 Å². The third kappa shape index (κ3) is 4.30. The van der Waals surface area contributed by atoms with Crippen LogP contribution in [0.5, 0.6) is 5.88 Å². The molecule has 2 aromatic rings. The van der Waals surface area contributed by atoms with Gasteiger partial charge in [-0.05, 0) is 31.5 Å². The maximum Gasteiger partial charge on any atom is 0.324 e. The Bertz CT molecular complexity index is 811. The Morgan fingerprint density at radius 3 is 2.89 bits per heavy atom. The summed E-state index contributed by atoms with van der Waals surface area (Å²) in [7, 11) is 0. The number of ether oxygens (including phenoxy) is 1. The molecular formula is C18H22N6O3. The number of carbonyl (C=O) groups excluding carboxylic acids is 2. The SMILES string of the molecule is CCCC(NC(=O)N1CC(=O)Nc2cccnc21)c1ccc(OCC)nn1. The van der Waals surface area contributed by atoms with Crippen LogP contribution >= 0.6 is 0 Å². The van der Waals surface area contributed by atoms with Gasteiger partial charge < -0.3 is 15.4 Å². The molecule has 0 bridgehead atoms. The summed E-state index contributed by atoms with van der Waals surface area (Å²) in [6.07, 6.45) is 3.11. The molecule has 0 aromatic carbocycles. The number of anilines is 2. The van der Waals surface area contributed by atoms with Crippen LogP contribution in [-0.2, 0) is 4.79 Å². The number of aromatic nitrogens is 3. The summed E-state index contributed by atoms with van der Waals surface area (Å²) in [4.78, 5) is 30.3. The maximum absolute atomic E-state index is 12.9. The zero-order chi connectivity index (χ0) is 19.2. The van der Waals surface area contributed by atoms with Gasteiger partial charge in [0.2, 0.25) is 11.8 Å². The maximum atomic E-state index is 12.9. The zero-order valence-corrected chi connectivity index (χ0v) is 15.3. The van der Waals surface area contributed by atoms with Crippen LogP contribution in [0.3, 0.4) is 0 Å². The van der Waals surface area contributed by atoms with Crippen molar-refractivity contribution in [1.82, 2.24) is 20.5 Å². The molecule has 27 heavy (non-hydrogen) atoms. The molecule has 0 saturated heterocycles. The van der Waals surface area contributed by atoms with E-state index in [1.54, 1.807) is 30.5 Å². The monoisotopic (exact) mass is 370 g/mol. The van der Waals surface area contributed by atoms with Gasteiger partial charge in [0.15, 0.2) is 5.82 Å². The fraction of sp³-hybridized carbons (Fsp3) is 0.389. The number of nitrogens with one attached hydrogen (secondary N) is 2. The van der Waals surface area contributed by atoms with Crippen molar-refractivity contribution in [1.29, 1.82) is 0 Å². The molecule has 3 heterocycles. The Kier molecular flexibility index (Phi) is 5.80. The van der Waals surface area contributed by atoms with Crippen LogP contribution in [0.25, 0.3) is 0 Å². The third-order valence-corrected chi connectivity index (χ3v) is 4.05. The molecule has 9 heteroatoms. The predicted molar refractivity (Wildman–Crippen MR) is 99.6 cm³/mol. The molecule has 142 valence electrons. The Hall–Kier alpha value is -3.23.